The zero-order valence-corrected chi connectivity index (χ0v) is 10.9. The molecule has 1 atom stereocenters. The van der Waals surface area contributed by atoms with Crippen molar-refractivity contribution >= 4 is 21.8 Å². The first-order valence-corrected chi connectivity index (χ1v) is 6.42. The average molecular weight is 293 g/mol. The van der Waals surface area contributed by atoms with Crippen LogP contribution in [-0.4, -0.2) is 11.9 Å². The standard InChI is InChI=1S/C13H13BrN2O/c14-11-5-1-9(2-6-11)7-13(17)16-12(8-15)10-3-4-10/h1-2,5-6,10,12H,3-4,7H2,(H,16,17). The van der Waals surface area contributed by atoms with Crippen molar-refractivity contribution in [3.63, 3.8) is 0 Å². The highest BCUT2D eigenvalue weighted by molar-refractivity contribution is 9.10. The zero-order valence-electron chi connectivity index (χ0n) is 9.32. The molecule has 0 radical (unpaired) electrons. The quantitative estimate of drug-likeness (QED) is 0.926. The number of carbonyl (C=O) groups excluding carboxylic acids is 1. The van der Waals surface area contributed by atoms with Crippen molar-refractivity contribution in [2.75, 3.05) is 0 Å². The van der Waals surface area contributed by atoms with Crippen molar-refractivity contribution in [3.05, 3.63) is 34.3 Å². The maximum Gasteiger partial charge on any atom is 0.225 e. The summed E-state index contributed by atoms with van der Waals surface area (Å²) in [5.74, 6) is 0.291. The number of nitrogens with one attached hydrogen (secondary N) is 1. The van der Waals surface area contributed by atoms with Crippen molar-refractivity contribution in [3.8, 4) is 6.07 Å². The fourth-order valence-corrected chi connectivity index (χ4v) is 1.96. The lowest BCUT2D eigenvalue weighted by molar-refractivity contribution is -0.120. The van der Waals surface area contributed by atoms with E-state index in [-0.39, 0.29) is 11.9 Å². The number of nitrogens with zero attached hydrogens (tertiary/aromatic N) is 1. The summed E-state index contributed by atoms with van der Waals surface area (Å²) in [6.07, 6.45) is 2.44. The minimum Gasteiger partial charge on any atom is -0.340 e. The second-order valence-electron chi connectivity index (χ2n) is 4.31. The molecule has 2 rings (SSSR count). The van der Waals surface area contributed by atoms with E-state index in [0.29, 0.717) is 12.3 Å². The molecule has 1 fully saturated rings. The van der Waals surface area contributed by atoms with Crippen molar-refractivity contribution in [2.45, 2.75) is 25.3 Å². The fourth-order valence-electron chi connectivity index (χ4n) is 1.70. The average Bonchev–Trinajstić information content (AvgIpc) is 3.13. The van der Waals surface area contributed by atoms with Crippen molar-refractivity contribution in [2.24, 2.45) is 5.92 Å². The van der Waals surface area contributed by atoms with Gasteiger partial charge in [-0.05, 0) is 36.5 Å². The Labute approximate surface area is 109 Å². The third-order valence-electron chi connectivity index (χ3n) is 2.83. The monoisotopic (exact) mass is 292 g/mol. The maximum atomic E-state index is 11.7. The minimum atomic E-state index is -0.307. The summed E-state index contributed by atoms with van der Waals surface area (Å²) in [5.41, 5.74) is 0.957. The Balaban J connectivity index is 1.88. The van der Waals surface area contributed by atoms with Crippen molar-refractivity contribution in [1.29, 1.82) is 5.26 Å². The molecule has 1 saturated carbocycles. The summed E-state index contributed by atoms with van der Waals surface area (Å²) in [6, 6.07) is 9.47. The summed E-state index contributed by atoms with van der Waals surface area (Å²) in [5, 5.41) is 11.7. The molecule has 1 aromatic rings. The number of amides is 1. The van der Waals surface area contributed by atoms with E-state index in [9.17, 15) is 4.79 Å². The van der Waals surface area contributed by atoms with Crippen LogP contribution in [0, 0.1) is 17.2 Å². The maximum absolute atomic E-state index is 11.7. The van der Waals surface area contributed by atoms with Crippen LogP contribution >= 0.6 is 15.9 Å². The molecule has 1 aromatic carbocycles. The van der Waals surface area contributed by atoms with Crippen LogP contribution in [-0.2, 0) is 11.2 Å². The Morgan fingerprint density at radius 3 is 2.65 bits per heavy atom. The van der Waals surface area contributed by atoms with E-state index in [2.05, 4.69) is 27.3 Å². The number of benzene rings is 1. The van der Waals surface area contributed by atoms with Gasteiger partial charge in [-0.15, -0.1) is 0 Å². The lowest BCUT2D eigenvalue weighted by Crippen LogP contribution is -2.36. The summed E-state index contributed by atoms with van der Waals surface area (Å²) in [4.78, 5) is 11.7. The topological polar surface area (TPSA) is 52.9 Å². The molecule has 0 aromatic heterocycles. The molecule has 1 unspecified atom stereocenters. The van der Waals surface area contributed by atoms with Crippen LogP contribution in [0.25, 0.3) is 0 Å². The van der Waals surface area contributed by atoms with Gasteiger partial charge in [0.25, 0.3) is 0 Å². The fraction of sp³-hybridized carbons (Fsp3) is 0.385. The third-order valence-corrected chi connectivity index (χ3v) is 3.36. The number of hydrogen-bond donors (Lipinski definition) is 1. The van der Waals surface area contributed by atoms with Crippen LogP contribution in [0.3, 0.4) is 0 Å². The van der Waals surface area contributed by atoms with Crippen LogP contribution in [0.1, 0.15) is 18.4 Å². The normalized spacial score (nSPS) is 16.0. The number of nitriles is 1. The van der Waals surface area contributed by atoms with Crippen molar-refractivity contribution < 1.29 is 4.79 Å². The van der Waals surface area contributed by atoms with E-state index in [0.717, 1.165) is 22.9 Å². The molecule has 1 aliphatic carbocycles. The van der Waals surface area contributed by atoms with E-state index in [1.807, 2.05) is 24.3 Å². The smallest absolute Gasteiger partial charge is 0.225 e. The molecule has 1 amide bonds. The lowest BCUT2D eigenvalue weighted by Gasteiger charge is -2.10. The molecule has 0 bridgehead atoms. The van der Waals surface area contributed by atoms with Gasteiger partial charge in [0.2, 0.25) is 5.91 Å². The first-order chi connectivity index (χ1) is 8.19. The van der Waals surface area contributed by atoms with E-state index in [1.54, 1.807) is 0 Å². The lowest BCUT2D eigenvalue weighted by atomic mass is 10.1. The predicted molar refractivity (Wildman–Crippen MR) is 68.1 cm³/mol. The second kappa shape index (κ2) is 5.33. The molecule has 1 aliphatic rings. The largest absolute Gasteiger partial charge is 0.340 e. The van der Waals surface area contributed by atoms with Gasteiger partial charge in [0, 0.05) is 4.47 Å². The Morgan fingerprint density at radius 1 is 1.47 bits per heavy atom. The highest BCUT2D eigenvalue weighted by Crippen LogP contribution is 2.32. The van der Waals surface area contributed by atoms with Gasteiger partial charge in [-0.3, -0.25) is 4.79 Å². The summed E-state index contributed by atoms with van der Waals surface area (Å²) >= 11 is 3.35. The Hall–Kier alpha value is -1.34. The minimum absolute atomic E-state index is 0.0780. The van der Waals surface area contributed by atoms with E-state index in [1.165, 1.54) is 0 Å². The van der Waals surface area contributed by atoms with Gasteiger partial charge < -0.3 is 5.32 Å². The van der Waals surface area contributed by atoms with Crippen molar-refractivity contribution in [1.82, 2.24) is 5.32 Å². The second-order valence-corrected chi connectivity index (χ2v) is 5.23. The van der Waals surface area contributed by atoms with Gasteiger partial charge in [-0.25, -0.2) is 0 Å². The zero-order chi connectivity index (χ0) is 12.3. The highest BCUT2D eigenvalue weighted by Gasteiger charge is 2.32. The number of rotatable bonds is 4. The van der Waals surface area contributed by atoms with Crippen LogP contribution in [0.2, 0.25) is 0 Å². The summed E-state index contributed by atoms with van der Waals surface area (Å²) in [7, 11) is 0. The SMILES string of the molecule is N#CC(NC(=O)Cc1ccc(Br)cc1)C1CC1. The van der Waals surface area contributed by atoms with Crippen LogP contribution in [0.15, 0.2) is 28.7 Å². The first kappa shape index (κ1) is 12.1. The Bertz CT molecular complexity index is 445. The first-order valence-electron chi connectivity index (χ1n) is 5.62. The van der Waals surface area contributed by atoms with Gasteiger partial charge in [0.05, 0.1) is 12.5 Å². The molecule has 3 nitrogen and oxygen atoms in total. The molecular formula is C13H13BrN2O. The molecule has 1 N–H and O–H groups in total. The molecular weight excluding hydrogens is 280 g/mol. The van der Waals surface area contributed by atoms with Gasteiger partial charge in [-0.1, -0.05) is 28.1 Å². The number of hydrogen-bond acceptors (Lipinski definition) is 2. The molecule has 88 valence electrons. The molecule has 0 spiro atoms. The Morgan fingerprint density at radius 2 is 2.12 bits per heavy atom. The summed E-state index contributed by atoms with van der Waals surface area (Å²) < 4.78 is 0.995. The van der Waals surface area contributed by atoms with E-state index < -0.39 is 0 Å². The van der Waals surface area contributed by atoms with Gasteiger partial charge in [-0.2, -0.15) is 5.26 Å². The molecule has 0 heterocycles. The van der Waals surface area contributed by atoms with E-state index >= 15 is 0 Å². The molecule has 0 saturated heterocycles. The van der Waals surface area contributed by atoms with E-state index in [4.69, 9.17) is 5.26 Å². The Kier molecular flexibility index (Phi) is 3.80. The highest BCUT2D eigenvalue weighted by atomic mass is 79.9. The number of halogens is 1. The van der Waals surface area contributed by atoms with Gasteiger partial charge in [0.1, 0.15) is 6.04 Å². The van der Waals surface area contributed by atoms with Gasteiger partial charge >= 0.3 is 0 Å². The van der Waals surface area contributed by atoms with Crippen LogP contribution < -0.4 is 5.32 Å². The molecule has 0 aliphatic heterocycles. The summed E-state index contributed by atoms with van der Waals surface area (Å²) in [6.45, 7) is 0. The van der Waals surface area contributed by atoms with Gasteiger partial charge in [0.15, 0.2) is 0 Å². The van der Waals surface area contributed by atoms with Crippen LogP contribution in [0.5, 0.6) is 0 Å². The predicted octanol–water partition coefficient (Wildman–Crippen LogP) is 2.41. The third kappa shape index (κ3) is 3.57. The number of carbonyl (C=O) groups is 1. The molecule has 4 heteroatoms. The molecule has 17 heavy (non-hydrogen) atoms. The van der Waals surface area contributed by atoms with Crippen LogP contribution in [0.4, 0.5) is 0 Å².